The third-order valence-corrected chi connectivity index (χ3v) is 3.08. The molecule has 0 aliphatic heterocycles. The maximum atomic E-state index is 12.3. The molecular weight excluding hydrogens is 313 g/mol. The van der Waals surface area contributed by atoms with Crippen molar-refractivity contribution in [3.8, 4) is 5.75 Å². The molecule has 0 aliphatic carbocycles. The van der Waals surface area contributed by atoms with Gasteiger partial charge in [0.25, 0.3) is 5.91 Å². The average Bonchev–Trinajstić information content (AvgIpc) is 2.44. The van der Waals surface area contributed by atoms with Crippen LogP contribution in [0.15, 0.2) is 30.5 Å². The van der Waals surface area contributed by atoms with Crippen molar-refractivity contribution in [3.63, 3.8) is 0 Å². The van der Waals surface area contributed by atoms with Crippen LogP contribution in [-0.4, -0.2) is 17.5 Å². The van der Waals surface area contributed by atoms with E-state index in [0.29, 0.717) is 23.1 Å². The minimum atomic E-state index is -0.417. The summed E-state index contributed by atoms with van der Waals surface area (Å²) in [7, 11) is 0. The Bertz CT molecular complexity index is 677. The molecule has 110 valence electrons. The molecule has 2 aromatic rings. The third kappa shape index (κ3) is 3.77. The molecule has 3 N–H and O–H groups in total. The fourth-order valence-corrected chi connectivity index (χ4v) is 2.04. The molecule has 0 atom stereocenters. The standard InChI is InChI=1S/C14H13Cl2N3O2/c1-2-21-12-4-3-8(15)5-11(12)19-14(20)9-6-13(16)18-7-10(9)17/h3-7H,2,17H2,1H3,(H,19,20). The van der Waals surface area contributed by atoms with E-state index in [-0.39, 0.29) is 16.4 Å². The Labute approximate surface area is 132 Å². The molecular formula is C14H13Cl2N3O2. The normalized spacial score (nSPS) is 10.2. The number of nitrogens with one attached hydrogen (secondary N) is 1. The second-order valence-corrected chi connectivity index (χ2v) is 4.95. The lowest BCUT2D eigenvalue weighted by atomic mass is 10.2. The number of nitrogen functional groups attached to an aromatic ring is 1. The van der Waals surface area contributed by atoms with Gasteiger partial charge in [0.2, 0.25) is 0 Å². The molecule has 0 unspecified atom stereocenters. The molecule has 21 heavy (non-hydrogen) atoms. The van der Waals surface area contributed by atoms with Gasteiger partial charge in [0.05, 0.1) is 29.7 Å². The number of aromatic nitrogens is 1. The molecule has 1 aromatic heterocycles. The molecule has 0 saturated heterocycles. The summed E-state index contributed by atoms with van der Waals surface area (Å²) in [6, 6.07) is 6.37. The van der Waals surface area contributed by atoms with E-state index in [0.717, 1.165) is 0 Å². The number of pyridine rings is 1. The first-order valence-corrected chi connectivity index (χ1v) is 6.91. The number of nitrogens with zero attached hydrogens (tertiary/aromatic N) is 1. The zero-order valence-electron chi connectivity index (χ0n) is 11.2. The molecule has 0 fully saturated rings. The number of rotatable bonds is 4. The summed E-state index contributed by atoms with van der Waals surface area (Å²) in [5, 5.41) is 3.37. The minimum Gasteiger partial charge on any atom is -0.492 e. The Balaban J connectivity index is 2.31. The number of halogens is 2. The van der Waals surface area contributed by atoms with Gasteiger partial charge < -0.3 is 15.8 Å². The summed E-state index contributed by atoms with van der Waals surface area (Å²) >= 11 is 11.7. The Morgan fingerprint density at radius 2 is 2.14 bits per heavy atom. The van der Waals surface area contributed by atoms with Gasteiger partial charge in [-0.2, -0.15) is 0 Å². The van der Waals surface area contributed by atoms with E-state index in [2.05, 4.69) is 10.3 Å². The topological polar surface area (TPSA) is 77.2 Å². The van der Waals surface area contributed by atoms with Gasteiger partial charge in [-0.1, -0.05) is 23.2 Å². The summed E-state index contributed by atoms with van der Waals surface area (Å²) < 4.78 is 5.44. The van der Waals surface area contributed by atoms with E-state index < -0.39 is 5.91 Å². The van der Waals surface area contributed by atoms with Crippen LogP contribution in [-0.2, 0) is 0 Å². The number of hydrogen-bond acceptors (Lipinski definition) is 4. The van der Waals surface area contributed by atoms with Crippen LogP contribution in [0.3, 0.4) is 0 Å². The predicted octanol–water partition coefficient (Wildman–Crippen LogP) is 3.62. The van der Waals surface area contributed by atoms with Crippen LogP contribution in [0.25, 0.3) is 0 Å². The van der Waals surface area contributed by atoms with Crippen molar-refractivity contribution in [1.29, 1.82) is 0 Å². The second-order valence-electron chi connectivity index (χ2n) is 4.12. The van der Waals surface area contributed by atoms with Gasteiger partial charge in [0, 0.05) is 5.02 Å². The van der Waals surface area contributed by atoms with Crippen molar-refractivity contribution >= 4 is 40.5 Å². The smallest absolute Gasteiger partial charge is 0.258 e. The first kappa shape index (κ1) is 15.4. The number of carbonyl (C=O) groups is 1. The number of amides is 1. The molecule has 1 heterocycles. The lowest BCUT2D eigenvalue weighted by molar-refractivity contribution is 0.102. The summed E-state index contributed by atoms with van der Waals surface area (Å²) in [5.41, 5.74) is 6.66. The summed E-state index contributed by atoms with van der Waals surface area (Å²) in [6.07, 6.45) is 1.33. The average molecular weight is 326 g/mol. The predicted molar refractivity (Wildman–Crippen MR) is 84.2 cm³/mol. The quantitative estimate of drug-likeness (QED) is 0.841. The number of carbonyl (C=O) groups excluding carboxylic acids is 1. The van der Waals surface area contributed by atoms with Crippen LogP contribution in [0, 0.1) is 0 Å². The van der Waals surface area contributed by atoms with Crippen molar-refractivity contribution in [2.45, 2.75) is 6.92 Å². The number of hydrogen-bond donors (Lipinski definition) is 2. The first-order chi connectivity index (χ1) is 10.0. The Kier molecular flexibility index (Phi) is 4.88. The monoisotopic (exact) mass is 325 g/mol. The summed E-state index contributed by atoms with van der Waals surface area (Å²) in [4.78, 5) is 16.1. The molecule has 0 radical (unpaired) electrons. The highest BCUT2D eigenvalue weighted by Crippen LogP contribution is 2.29. The van der Waals surface area contributed by atoms with Crippen molar-refractivity contribution in [1.82, 2.24) is 4.98 Å². The van der Waals surface area contributed by atoms with Crippen molar-refractivity contribution in [2.75, 3.05) is 17.7 Å². The third-order valence-electron chi connectivity index (χ3n) is 2.64. The van der Waals surface area contributed by atoms with E-state index in [1.807, 2.05) is 6.92 Å². The van der Waals surface area contributed by atoms with E-state index in [1.54, 1.807) is 18.2 Å². The van der Waals surface area contributed by atoms with Gasteiger partial charge in [-0.15, -0.1) is 0 Å². The van der Waals surface area contributed by atoms with Gasteiger partial charge in [-0.25, -0.2) is 4.98 Å². The number of benzene rings is 1. The summed E-state index contributed by atoms with van der Waals surface area (Å²) in [5.74, 6) is 0.106. The van der Waals surface area contributed by atoms with Crippen LogP contribution in [0.4, 0.5) is 11.4 Å². The highest BCUT2D eigenvalue weighted by atomic mass is 35.5. The van der Waals surface area contributed by atoms with Crippen molar-refractivity contribution < 1.29 is 9.53 Å². The molecule has 0 aliphatic rings. The first-order valence-electron chi connectivity index (χ1n) is 6.16. The Morgan fingerprint density at radius 3 is 2.86 bits per heavy atom. The lowest BCUT2D eigenvalue weighted by Gasteiger charge is -2.12. The highest BCUT2D eigenvalue weighted by molar-refractivity contribution is 6.31. The zero-order chi connectivity index (χ0) is 15.4. The largest absolute Gasteiger partial charge is 0.492 e. The molecule has 0 bridgehead atoms. The number of nitrogens with two attached hydrogens (primary N) is 1. The van der Waals surface area contributed by atoms with Crippen LogP contribution in [0.2, 0.25) is 10.2 Å². The number of ether oxygens (including phenoxy) is 1. The molecule has 0 spiro atoms. The van der Waals surface area contributed by atoms with Gasteiger partial charge in [-0.3, -0.25) is 4.79 Å². The van der Waals surface area contributed by atoms with Gasteiger partial charge in [-0.05, 0) is 31.2 Å². The Morgan fingerprint density at radius 1 is 1.38 bits per heavy atom. The maximum absolute atomic E-state index is 12.3. The lowest BCUT2D eigenvalue weighted by Crippen LogP contribution is -2.15. The van der Waals surface area contributed by atoms with E-state index in [4.69, 9.17) is 33.7 Å². The molecule has 5 nitrogen and oxygen atoms in total. The molecule has 1 aromatic carbocycles. The van der Waals surface area contributed by atoms with E-state index in [9.17, 15) is 4.79 Å². The fourth-order valence-electron chi connectivity index (χ4n) is 1.71. The van der Waals surface area contributed by atoms with Crippen LogP contribution in [0.5, 0.6) is 5.75 Å². The van der Waals surface area contributed by atoms with Gasteiger partial charge >= 0.3 is 0 Å². The van der Waals surface area contributed by atoms with Crippen LogP contribution < -0.4 is 15.8 Å². The van der Waals surface area contributed by atoms with Crippen LogP contribution >= 0.6 is 23.2 Å². The van der Waals surface area contributed by atoms with Crippen LogP contribution in [0.1, 0.15) is 17.3 Å². The highest BCUT2D eigenvalue weighted by Gasteiger charge is 2.14. The van der Waals surface area contributed by atoms with Gasteiger partial charge in [0.15, 0.2) is 0 Å². The maximum Gasteiger partial charge on any atom is 0.258 e. The van der Waals surface area contributed by atoms with Crippen molar-refractivity contribution in [3.05, 3.63) is 46.2 Å². The number of anilines is 2. The molecule has 7 heteroatoms. The van der Waals surface area contributed by atoms with E-state index >= 15 is 0 Å². The summed E-state index contributed by atoms with van der Waals surface area (Å²) in [6.45, 7) is 2.31. The zero-order valence-corrected chi connectivity index (χ0v) is 12.7. The SMILES string of the molecule is CCOc1ccc(Cl)cc1NC(=O)c1cc(Cl)ncc1N. The minimum absolute atomic E-state index is 0.186. The Hall–Kier alpha value is -1.98. The molecule has 0 saturated carbocycles. The molecule has 1 amide bonds. The van der Waals surface area contributed by atoms with E-state index in [1.165, 1.54) is 12.3 Å². The second kappa shape index (κ2) is 6.65. The molecule has 2 rings (SSSR count). The fraction of sp³-hybridized carbons (Fsp3) is 0.143. The van der Waals surface area contributed by atoms with Crippen molar-refractivity contribution in [2.24, 2.45) is 0 Å². The van der Waals surface area contributed by atoms with Gasteiger partial charge in [0.1, 0.15) is 10.9 Å².